The molecule has 1 heterocycles. The van der Waals surface area contributed by atoms with Crippen LogP contribution in [0, 0.1) is 0 Å². The molecule has 0 spiro atoms. The van der Waals surface area contributed by atoms with Gasteiger partial charge in [0.15, 0.2) is 0 Å². The summed E-state index contributed by atoms with van der Waals surface area (Å²) in [5.74, 6) is 0. The van der Waals surface area contributed by atoms with Gasteiger partial charge in [0.2, 0.25) is 0 Å². The van der Waals surface area contributed by atoms with E-state index in [1.54, 1.807) is 0 Å². The second kappa shape index (κ2) is 2.39. The summed E-state index contributed by atoms with van der Waals surface area (Å²) >= 11 is 0. The van der Waals surface area contributed by atoms with Gasteiger partial charge in [0.25, 0.3) is 0 Å². The van der Waals surface area contributed by atoms with Gasteiger partial charge in [-0.2, -0.15) is 0 Å². The van der Waals surface area contributed by atoms with Crippen LogP contribution in [0.4, 0.5) is 0 Å². The van der Waals surface area contributed by atoms with Crippen molar-refractivity contribution in [2.24, 2.45) is 5.73 Å². The van der Waals surface area contributed by atoms with Crippen LogP contribution in [0.5, 0.6) is 0 Å². The normalized spacial score (nSPS) is 44.9. The van der Waals surface area contributed by atoms with Crippen LogP contribution in [0.2, 0.25) is 0 Å². The van der Waals surface area contributed by atoms with E-state index in [0.717, 1.165) is 0 Å². The van der Waals surface area contributed by atoms with Crippen molar-refractivity contribution in [2.75, 3.05) is 6.16 Å². The van der Waals surface area contributed by atoms with Crippen molar-refractivity contribution < 1.29 is 14.0 Å². The van der Waals surface area contributed by atoms with Crippen molar-refractivity contribution in [1.29, 1.82) is 0 Å². The van der Waals surface area contributed by atoms with Crippen LogP contribution in [0.15, 0.2) is 0 Å². The van der Waals surface area contributed by atoms with Crippen LogP contribution < -0.4 is 5.73 Å². The molecular weight excluding hydrogens is 141 g/mol. The second-order valence-electron chi connectivity index (χ2n) is 2.15. The van der Waals surface area contributed by atoms with E-state index < -0.39 is 13.8 Å². The lowest BCUT2D eigenvalue weighted by Gasteiger charge is -2.22. The summed E-state index contributed by atoms with van der Waals surface area (Å²) in [6.07, 6.45) is 1.09. The van der Waals surface area contributed by atoms with E-state index in [4.69, 9.17) is 10.6 Å². The summed E-state index contributed by atoms with van der Waals surface area (Å²) in [6, 6.07) is 0. The highest BCUT2D eigenvalue weighted by molar-refractivity contribution is 7.52. The maximum atomic E-state index is 10.7. The Kier molecular flexibility index (Phi) is 1.91. The molecule has 0 radical (unpaired) electrons. The minimum atomic E-state index is -3.27. The molecule has 9 heavy (non-hydrogen) atoms. The summed E-state index contributed by atoms with van der Waals surface area (Å²) in [6.45, 7) is 0. The van der Waals surface area contributed by atoms with E-state index in [2.05, 4.69) is 4.52 Å². The SMILES string of the molecule is NC1CCCP(=O)(O)O1. The first kappa shape index (κ1) is 7.22. The number of nitrogens with two attached hydrogens (primary N) is 1. The Morgan fingerprint density at radius 3 is 2.78 bits per heavy atom. The third kappa shape index (κ3) is 2.06. The van der Waals surface area contributed by atoms with Crippen LogP contribution in [-0.4, -0.2) is 17.3 Å². The predicted molar refractivity (Wildman–Crippen MR) is 33.0 cm³/mol. The summed E-state index contributed by atoms with van der Waals surface area (Å²) < 4.78 is 15.3. The van der Waals surface area contributed by atoms with Crippen LogP contribution in [0.1, 0.15) is 12.8 Å². The number of hydrogen-bond donors (Lipinski definition) is 2. The first-order valence-corrected chi connectivity index (χ1v) is 4.62. The highest BCUT2D eigenvalue weighted by Gasteiger charge is 2.27. The summed E-state index contributed by atoms with van der Waals surface area (Å²) in [5, 5.41) is 0. The van der Waals surface area contributed by atoms with Gasteiger partial charge >= 0.3 is 7.60 Å². The summed E-state index contributed by atoms with van der Waals surface area (Å²) in [5.41, 5.74) is 5.26. The molecule has 54 valence electrons. The first-order chi connectivity index (χ1) is 4.10. The molecule has 4 nitrogen and oxygen atoms in total. The molecule has 1 aliphatic heterocycles. The van der Waals surface area contributed by atoms with Crippen molar-refractivity contribution in [1.82, 2.24) is 0 Å². The van der Waals surface area contributed by atoms with E-state index >= 15 is 0 Å². The molecule has 2 atom stereocenters. The van der Waals surface area contributed by atoms with E-state index in [1.165, 1.54) is 0 Å². The molecule has 0 bridgehead atoms. The fourth-order valence-corrected chi connectivity index (χ4v) is 2.03. The topological polar surface area (TPSA) is 72.6 Å². The van der Waals surface area contributed by atoms with Crippen molar-refractivity contribution in [2.45, 2.75) is 19.1 Å². The predicted octanol–water partition coefficient (Wildman–Crippen LogP) is 0.267. The largest absolute Gasteiger partial charge is 0.329 e. The highest BCUT2D eigenvalue weighted by Crippen LogP contribution is 2.46. The average molecular weight is 151 g/mol. The average Bonchev–Trinajstić information content (AvgIpc) is 1.60. The lowest BCUT2D eigenvalue weighted by Crippen LogP contribution is -2.26. The molecule has 3 N–H and O–H groups in total. The molecule has 0 aromatic rings. The van der Waals surface area contributed by atoms with E-state index in [9.17, 15) is 4.57 Å². The minimum absolute atomic E-state index is 0.251. The molecule has 0 aromatic carbocycles. The van der Waals surface area contributed by atoms with Crippen LogP contribution >= 0.6 is 7.60 Å². The molecule has 1 fully saturated rings. The van der Waals surface area contributed by atoms with Gasteiger partial charge in [-0.25, -0.2) is 0 Å². The molecule has 2 unspecified atom stereocenters. The lowest BCUT2D eigenvalue weighted by molar-refractivity contribution is 0.152. The maximum absolute atomic E-state index is 10.7. The third-order valence-electron chi connectivity index (χ3n) is 1.23. The monoisotopic (exact) mass is 151 g/mol. The Balaban J connectivity index is 2.51. The molecule has 1 saturated heterocycles. The first-order valence-electron chi connectivity index (χ1n) is 2.86. The summed E-state index contributed by atoms with van der Waals surface area (Å²) in [7, 11) is -3.27. The van der Waals surface area contributed by atoms with Crippen molar-refractivity contribution in [3.63, 3.8) is 0 Å². The molecule has 5 heteroatoms. The van der Waals surface area contributed by atoms with Crippen molar-refractivity contribution in [3.8, 4) is 0 Å². The van der Waals surface area contributed by atoms with Gasteiger partial charge in [0.1, 0.15) is 6.23 Å². The molecular formula is C4H10NO3P. The second-order valence-corrected chi connectivity index (χ2v) is 4.08. The smallest absolute Gasteiger partial charge is 0.324 e. The van der Waals surface area contributed by atoms with E-state index in [0.29, 0.717) is 12.8 Å². The van der Waals surface area contributed by atoms with Crippen LogP contribution in [-0.2, 0) is 9.09 Å². The maximum Gasteiger partial charge on any atom is 0.329 e. The number of rotatable bonds is 0. The fraction of sp³-hybridized carbons (Fsp3) is 1.00. The molecule has 1 rings (SSSR count). The van der Waals surface area contributed by atoms with Gasteiger partial charge in [-0.1, -0.05) is 0 Å². The number of hydrogen-bond acceptors (Lipinski definition) is 3. The molecule has 0 aliphatic carbocycles. The summed E-state index contributed by atoms with van der Waals surface area (Å²) in [4.78, 5) is 8.80. The Morgan fingerprint density at radius 1 is 1.78 bits per heavy atom. The van der Waals surface area contributed by atoms with Gasteiger partial charge in [-0.15, -0.1) is 0 Å². The third-order valence-corrected chi connectivity index (χ3v) is 2.71. The van der Waals surface area contributed by atoms with Gasteiger partial charge in [0.05, 0.1) is 6.16 Å². The molecule has 0 saturated carbocycles. The molecule has 0 amide bonds. The highest BCUT2D eigenvalue weighted by atomic mass is 31.2. The van der Waals surface area contributed by atoms with Crippen molar-refractivity contribution >= 4 is 7.60 Å². The van der Waals surface area contributed by atoms with Gasteiger partial charge in [-0.05, 0) is 12.8 Å². The van der Waals surface area contributed by atoms with Gasteiger partial charge in [0, 0.05) is 0 Å². The fourth-order valence-electron chi connectivity index (χ4n) is 0.809. The van der Waals surface area contributed by atoms with Crippen LogP contribution in [0.3, 0.4) is 0 Å². The van der Waals surface area contributed by atoms with Gasteiger partial charge < -0.3 is 10.6 Å². The van der Waals surface area contributed by atoms with Crippen LogP contribution in [0.25, 0.3) is 0 Å². The Hall–Kier alpha value is 0.110. The van der Waals surface area contributed by atoms with E-state index in [1.807, 2.05) is 0 Å². The quantitative estimate of drug-likeness (QED) is 0.487. The zero-order chi connectivity index (χ0) is 6.91. The standard InChI is InChI=1S/C4H10NO3P/c5-4-2-1-3-9(6,7)8-4/h4H,1-3,5H2,(H,6,7). The zero-order valence-electron chi connectivity index (χ0n) is 4.99. The molecule has 0 aromatic heterocycles. The Morgan fingerprint density at radius 2 is 2.44 bits per heavy atom. The van der Waals surface area contributed by atoms with Crippen molar-refractivity contribution in [3.05, 3.63) is 0 Å². The minimum Gasteiger partial charge on any atom is -0.324 e. The molecule has 1 aliphatic rings. The lowest BCUT2D eigenvalue weighted by atomic mass is 10.3. The van der Waals surface area contributed by atoms with E-state index in [-0.39, 0.29) is 6.16 Å². The Labute approximate surface area is 53.5 Å². The van der Waals surface area contributed by atoms with Gasteiger partial charge in [-0.3, -0.25) is 9.09 Å². The Bertz CT molecular complexity index is 149. The zero-order valence-corrected chi connectivity index (χ0v) is 5.88.